The van der Waals surface area contributed by atoms with Gasteiger partial charge in [-0.15, -0.1) is 0 Å². The summed E-state index contributed by atoms with van der Waals surface area (Å²) in [6.07, 6.45) is -7.21. The summed E-state index contributed by atoms with van der Waals surface area (Å²) in [5.74, 6) is -1.17. The predicted octanol–water partition coefficient (Wildman–Crippen LogP) is 6.61. The molecule has 2 aromatic rings. The third kappa shape index (κ3) is 6.07. The maximum atomic E-state index is 13.3. The number of aliphatic hydroxyl groups is 1. The first-order valence-electron chi connectivity index (χ1n) is 10.7. The van der Waals surface area contributed by atoms with Gasteiger partial charge in [-0.1, -0.05) is 25.1 Å². The van der Waals surface area contributed by atoms with Crippen LogP contribution in [0.25, 0.3) is 0 Å². The lowest BCUT2D eigenvalue weighted by atomic mass is 9.82. The van der Waals surface area contributed by atoms with Gasteiger partial charge in [0.1, 0.15) is 0 Å². The number of para-hydroxylation sites is 1. The zero-order valence-corrected chi connectivity index (χ0v) is 17.9. The van der Waals surface area contributed by atoms with Crippen LogP contribution in [-0.2, 0) is 17.1 Å². The van der Waals surface area contributed by atoms with Gasteiger partial charge >= 0.3 is 12.4 Å². The van der Waals surface area contributed by atoms with Crippen molar-refractivity contribution >= 4 is 11.6 Å². The minimum Gasteiger partial charge on any atom is -0.396 e. The molecule has 1 amide bonds. The highest BCUT2D eigenvalue weighted by atomic mass is 19.4. The Morgan fingerprint density at radius 3 is 2.03 bits per heavy atom. The largest absolute Gasteiger partial charge is 0.416 e. The second-order valence-corrected chi connectivity index (χ2v) is 8.54. The summed E-state index contributed by atoms with van der Waals surface area (Å²) in [4.78, 5) is 12.8. The zero-order valence-electron chi connectivity index (χ0n) is 17.9. The highest BCUT2D eigenvalue weighted by Crippen LogP contribution is 2.40. The molecule has 33 heavy (non-hydrogen) atoms. The van der Waals surface area contributed by atoms with Crippen molar-refractivity contribution in [2.24, 2.45) is 11.8 Å². The number of alkyl halides is 6. The Morgan fingerprint density at radius 2 is 1.52 bits per heavy atom. The van der Waals surface area contributed by atoms with Crippen molar-refractivity contribution in [2.45, 2.75) is 50.9 Å². The van der Waals surface area contributed by atoms with Crippen molar-refractivity contribution in [1.82, 2.24) is 0 Å². The number of nitrogens with one attached hydrogen (secondary N) is 1. The molecule has 1 aliphatic carbocycles. The molecule has 0 heterocycles. The first kappa shape index (κ1) is 25.1. The molecule has 0 aromatic heterocycles. The van der Waals surface area contributed by atoms with Gasteiger partial charge in [-0.25, -0.2) is 0 Å². The fourth-order valence-electron chi connectivity index (χ4n) is 4.24. The standard InChI is InChI=1S/C24H25F6NO2/c1-14(17-10-18(23(25,26)27)12-19(11-17)24(28,29)30)20-4-2-3-5-21(20)31-22(33)16-8-6-15(13-32)7-9-16/h2-5,10-12,14-16,32H,6-9,13H2,1H3,(H,31,33). The Labute approximate surface area is 187 Å². The second kappa shape index (κ2) is 9.75. The van der Waals surface area contributed by atoms with E-state index in [4.69, 9.17) is 0 Å². The summed E-state index contributed by atoms with van der Waals surface area (Å²) >= 11 is 0. The van der Waals surface area contributed by atoms with Gasteiger partial charge in [0.2, 0.25) is 5.91 Å². The highest BCUT2D eigenvalue weighted by molar-refractivity contribution is 5.93. The number of hydrogen-bond acceptors (Lipinski definition) is 2. The van der Waals surface area contributed by atoms with E-state index in [0.29, 0.717) is 36.2 Å². The lowest BCUT2D eigenvalue weighted by molar-refractivity contribution is -0.143. The van der Waals surface area contributed by atoms with Gasteiger partial charge in [0.25, 0.3) is 0 Å². The number of aliphatic hydroxyl groups excluding tert-OH is 1. The van der Waals surface area contributed by atoms with Crippen LogP contribution >= 0.6 is 0 Å². The molecule has 0 saturated heterocycles. The molecule has 3 rings (SSSR count). The molecule has 2 aromatic carbocycles. The van der Waals surface area contributed by atoms with Crippen molar-refractivity contribution in [3.05, 3.63) is 64.7 Å². The molecule has 0 aliphatic heterocycles. The van der Waals surface area contributed by atoms with Gasteiger partial charge < -0.3 is 10.4 Å². The minimum atomic E-state index is -4.93. The quantitative estimate of drug-likeness (QED) is 0.480. The molecule has 1 atom stereocenters. The highest BCUT2D eigenvalue weighted by Gasteiger charge is 2.37. The number of rotatable bonds is 5. The third-order valence-corrected chi connectivity index (χ3v) is 6.27. The van der Waals surface area contributed by atoms with E-state index in [1.807, 2.05) is 0 Å². The van der Waals surface area contributed by atoms with Crippen LogP contribution in [0.4, 0.5) is 32.0 Å². The number of carbonyl (C=O) groups is 1. The normalized spacial score (nSPS) is 20.4. The van der Waals surface area contributed by atoms with Gasteiger partial charge in [-0.05, 0) is 67.0 Å². The Balaban J connectivity index is 1.90. The fraction of sp³-hybridized carbons (Fsp3) is 0.458. The molecule has 1 aliphatic rings. The van der Waals surface area contributed by atoms with Crippen molar-refractivity contribution in [3.63, 3.8) is 0 Å². The molecule has 0 spiro atoms. The molecule has 0 bridgehead atoms. The van der Waals surface area contributed by atoms with E-state index in [9.17, 15) is 36.2 Å². The number of anilines is 1. The van der Waals surface area contributed by atoms with Crippen LogP contribution in [0.1, 0.15) is 60.8 Å². The van der Waals surface area contributed by atoms with Crippen LogP contribution in [0.3, 0.4) is 0 Å². The van der Waals surface area contributed by atoms with E-state index in [1.54, 1.807) is 24.3 Å². The number of benzene rings is 2. The summed E-state index contributed by atoms with van der Waals surface area (Å²) in [6, 6.07) is 7.96. The average Bonchev–Trinajstić information content (AvgIpc) is 2.77. The molecule has 1 fully saturated rings. The monoisotopic (exact) mass is 473 g/mol. The van der Waals surface area contributed by atoms with Crippen LogP contribution in [-0.4, -0.2) is 17.6 Å². The Kier molecular flexibility index (Phi) is 7.41. The Hall–Kier alpha value is -2.55. The minimum absolute atomic E-state index is 0.0750. The average molecular weight is 473 g/mol. The molecule has 9 heteroatoms. The molecule has 1 saturated carbocycles. The first-order chi connectivity index (χ1) is 15.4. The summed E-state index contributed by atoms with van der Waals surface area (Å²) in [5, 5.41) is 12.1. The smallest absolute Gasteiger partial charge is 0.396 e. The summed E-state index contributed by atoms with van der Waals surface area (Å²) < 4.78 is 79.6. The molecule has 2 N–H and O–H groups in total. The molecular formula is C24H25F6NO2. The van der Waals surface area contributed by atoms with E-state index >= 15 is 0 Å². The predicted molar refractivity (Wildman–Crippen MR) is 112 cm³/mol. The van der Waals surface area contributed by atoms with Crippen LogP contribution in [0.5, 0.6) is 0 Å². The lowest BCUT2D eigenvalue weighted by Gasteiger charge is -2.27. The van der Waals surface area contributed by atoms with Crippen molar-refractivity contribution < 1.29 is 36.2 Å². The maximum Gasteiger partial charge on any atom is 0.416 e. The van der Waals surface area contributed by atoms with Crippen molar-refractivity contribution in [2.75, 3.05) is 11.9 Å². The van der Waals surface area contributed by atoms with E-state index in [2.05, 4.69) is 5.32 Å². The van der Waals surface area contributed by atoms with Gasteiger partial charge in [0.05, 0.1) is 11.1 Å². The number of amides is 1. The maximum absolute atomic E-state index is 13.3. The topological polar surface area (TPSA) is 49.3 Å². The number of halogens is 6. The fourth-order valence-corrected chi connectivity index (χ4v) is 4.24. The van der Waals surface area contributed by atoms with Crippen molar-refractivity contribution in [1.29, 1.82) is 0 Å². The zero-order chi connectivity index (χ0) is 24.4. The van der Waals surface area contributed by atoms with Gasteiger partial charge in [-0.3, -0.25) is 4.79 Å². The van der Waals surface area contributed by atoms with E-state index in [-0.39, 0.29) is 36.0 Å². The van der Waals surface area contributed by atoms with Gasteiger partial charge in [0, 0.05) is 24.1 Å². The molecule has 3 nitrogen and oxygen atoms in total. The summed E-state index contributed by atoms with van der Waals surface area (Å²) in [5.41, 5.74) is -2.13. The van der Waals surface area contributed by atoms with E-state index < -0.39 is 29.4 Å². The van der Waals surface area contributed by atoms with Crippen LogP contribution in [0, 0.1) is 11.8 Å². The summed E-state index contributed by atoms with van der Waals surface area (Å²) in [6.45, 7) is 1.58. The van der Waals surface area contributed by atoms with E-state index in [1.165, 1.54) is 6.92 Å². The van der Waals surface area contributed by atoms with Crippen LogP contribution in [0.15, 0.2) is 42.5 Å². The summed E-state index contributed by atoms with van der Waals surface area (Å²) in [7, 11) is 0. The lowest BCUT2D eigenvalue weighted by Crippen LogP contribution is -2.28. The Bertz CT molecular complexity index is 945. The molecule has 1 unspecified atom stereocenters. The first-order valence-corrected chi connectivity index (χ1v) is 10.7. The van der Waals surface area contributed by atoms with E-state index in [0.717, 1.165) is 12.8 Å². The van der Waals surface area contributed by atoms with Gasteiger partial charge in [0.15, 0.2) is 0 Å². The number of carbonyl (C=O) groups excluding carboxylic acids is 1. The SMILES string of the molecule is CC(c1cc(C(F)(F)F)cc(C(F)(F)F)c1)c1ccccc1NC(=O)C1CCC(CO)CC1. The molecule has 180 valence electrons. The van der Waals surface area contributed by atoms with Crippen LogP contribution < -0.4 is 5.32 Å². The van der Waals surface area contributed by atoms with Crippen LogP contribution in [0.2, 0.25) is 0 Å². The second-order valence-electron chi connectivity index (χ2n) is 8.54. The number of hydrogen-bond donors (Lipinski definition) is 2. The molecule has 0 radical (unpaired) electrons. The third-order valence-electron chi connectivity index (χ3n) is 6.27. The van der Waals surface area contributed by atoms with Crippen molar-refractivity contribution in [3.8, 4) is 0 Å². The Morgan fingerprint density at radius 1 is 0.970 bits per heavy atom. The van der Waals surface area contributed by atoms with Gasteiger partial charge in [-0.2, -0.15) is 26.3 Å². The molecular weight excluding hydrogens is 448 g/mol.